The van der Waals surface area contributed by atoms with E-state index in [2.05, 4.69) is 142 Å². The molecule has 5 nitrogen and oxygen atoms in total. The Morgan fingerprint density at radius 3 is 1.40 bits per heavy atom. The molecule has 3 aromatic heterocycles. The molecule has 366 valence electrons. The molecule has 0 radical (unpaired) electrons. The Labute approximate surface area is 463 Å². The van der Waals surface area contributed by atoms with Crippen LogP contribution in [0, 0.1) is 74.1 Å². The van der Waals surface area contributed by atoms with Gasteiger partial charge in [0, 0.05) is 71.7 Å². The number of terminal acetylenes is 6. The first-order valence-corrected chi connectivity index (χ1v) is 25.8. The molecule has 0 unspecified atom stereocenters. The fourth-order valence-electron chi connectivity index (χ4n) is 11.3. The SMILES string of the molecule is C#Cc1cccc(-c2cc(-c3ccc(-c4cccc(C#C)c4C#C)c(-c4cccc(C#C)c4C#C)c3)cc(-n3c4ccccc4c4c3ccc3c5ccccc5n(-c5nc(-c6ccccc6)nc(-c6ccccc6)n5)c34)c2)c1C#C. The van der Waals surface area contributed by atoms with Gasteiger partial charge in [-0.15, -0.1) is 38.5 Å². The molecule has 10 aromatic carbocycles. The van der Waals surface area contributed by atoms with Gasteiger partial charge in [-0.05, 0) is 105 Å². The Morgan fingerprint density at radius 2 is 0.812 bits per heavy atom. The molecule has 5 heteroatoms. The van der Waals surface area contributed by atoms with Crippen molar-refractivity contribution in [2.45, 2.75) is 0 Å². The number of nitrogens with zero attached hydrogens (tertiary/aromatic N) is 5. The number of benzene rings is 10. The molecule has 0 aliphatic rings. The molecular weight excluding hydrogens is 971 g/mol. The van der Waals surface area contributed by atoms with Gasteiger partial charge in [0.1, 0.15) is 0 Å². The average molecular weight is 1010 g/mol. The van der Waals surface area contributed by atoms with E-state index in [1.165, 1.54) is 0 Å². The lowest BCUT2D eigenvalue weighted by atomic mass is 9.85. The topological polar surface area (TPSA) is 48.5 Å². The zero-order valence-corrected chi connectivity index (χ0v) is 42.9. The minimum Gasteiger partial charge on any atom is -0.309 e. The van der Waals surface area contributed by atoms with E-state index in [4.69, 9.17) is 53.5 Å². The van der Waals surface area contributed by atoms with Crippen LogP contribution in [0.5, 0.6) is 0 Å². The first-order valence-electron chi connectivity index (χ1n) is 25.8. The van der Waals surface area contributed by atoms with E-state index in [1.54, 1.807) is 0 Å². The summed E-state index contributed by atoms with van der Waals surface area (Å²) in [5, 5.41) is 4.16. The van der Waals surface area contributed by atoms with Crippen molar-refractivity contribution in [2.24, 2.45) is 0 Å². The largest absolute Gasteiger partial charge is 0.309 e. The molecule has 0 atom stereocenters. The smallest absolute Gasteiger partial charge is 0.238 e. The van der Waals surface area contributed by atoms with Gasteiger partial charge in [0.05, 0.1) is 22.1 Å². The van der Waals surface area contributed by atoms with Gasteiger partial charge in [-0.25, -0.2) is 4.98 Å². The molecule has 0 spiro atoms. The summed E-state index contributed by atoms with van der Waals surface area (Å²) in [6.07, 6.45) is 37.2. The summed E-state index contributed by atoms with van der Waals surface area (Å²) in [4.78, 5) is 15.7. The number of hydrogen-bond donors (Lipinski definition) is 0. The van der Waals surface area contributed by atoms with Crippen LogP contribution < -0.4 is 0 Å². The quantitative estimate of drug-likeness (QED) is 0.143. The third-order valence-corrected chi connectivity index (χ3v) is 14.9. The molecule has 0 saturated heterocycles. The van der Waals surface area contributed by atoms with Gasteiger partial charge >= 0.3 is 0 Å². The summed E-state index contributed by atoms with van der Waals surface area (Å²) in [5.41, 5.74) is 16.7. The molecule has 3 heterocycles. The highest BCUT2D eigenvalue weighted by Gasteiger charge is 2.25. The van der Waals surface area contributed by atoms with Gasteiger partial charge in [0.2, 0.25) is 5.95 Å². The highest BCUT2D eigenvalue weighted by molar-refractivity contribution is 6.26. The van der Waals surface area contributed by atoms with Gasteiger partial charge in [-0.2, -0.15) is 9.97 Å². The summed E-state index contributed by atoms with van der Waals surface area (Å²) >= 11 is 0. The van der Waals surface area contributed by atoms with Gasteiger partial charge in [-0.1, -0.05) is 187 Å². The van der Waals surface area contributed by atoms with Crippen molar-refractivity contribution in [3.63, 3.8) is 0 Å². The zero-order chi connectivity index (χ0) is 54.4. The summed E-state index contributed by atoms with van der Waals surface area (Å²) in [5.74, 6) is 18.8. The molecule has 0 N–H and O–H groups in total. The van der Waals surface area contributed by atoms with Crippen LogP contribution in [0.25, 0.3) is 123 Å². The fraction of sp³-hybridized carbons (Fsp3) is 0. The molecule has 13 rings (SSSR count). The number of fused-ring (bicyclic) bond motifs is 7. The monoisotopic (exact) mass is 1010 g/mol. The van der Waals surface area contributed by atoms with E-state index in [0.29, 0.717) is 51.0 Å². The van der Waals surface area contributed by atoms with E-state index in [9.17, 15) is 0 Å². The normalized spacial score (nSPS) is 10.9. The molecule has 0 fully saturated rings. The van der Waals surface area contributed by atoms with Crippen molar-refractivity contribution < 1.29 is 0 Å². The second-order valence-electron chi connectivity index (χ2n) is 19.2. The summed E-state index contributed by atoms with van der Waals surface area (Å²) in [7, 11) is 0. The maximum Gasteiger partial charge on any atom is 0.238 e. The van der Waals surface area contributed by atoms with Crippen LogP contribution in [0.3, 0.4) is 0 Å². The average Bonchev–Trinajstić information content (AvgIpc) is 4.25. The fourth-order valence-corrected chi connectivity index (χ4v) is 11.3. The maximum atomic E-state index is 6.35. The first kappa shape index (κ1) is 47.9. The Balaban J connectivity index is 1.12. The lowest BCUT2D eigenvalue weighted by molar-refractivity contribution is 0.955. The summed E-state index contributed by atoms with van der Waals surface area (Å²) in [6, 6.07) is 71.6. The number of aromatic nitrogens is 5. The number of rotatable bonds is 8. The van der Waals surface area contributed by atoms with Crippen molar-refractivity contribution >= 4 is 43.6 Å². The molecule has 0 saturated carbocycles. The molecular formula is C75H41N5. The molecule has 0 aliphatic heterocycles. The number of hydrogen-bond acceptors (Lipinski definition) is 3. The van der Waals surface area contributed by atoms with E-state index in [-0.39, 0.29) is 0 Å². The van der Waals surface area contributed by atoms with Crippen LogP contribution in [-0.4, -0.2) is 24.1 Å². The van der Waals surface area contributed by atoms with Crippen LogP contribution in [0.2, 0.25) is 0 Å². The molecule has 0 aliphatic carbocycles. The van der Waals surface area contributed by atoms with Crippen LogP contribution in [0.4, 0.5) is 0 Å². The highest BCUT2D eigenvalue weighted by atomic mass is 15.2. The van der Waals surface area contributed by atoms with Gasteiger partial charge in [0.15, 0.2) is 11.6 Å². The van der Waals surface area contributed by atoms with Crippen molar-refractivity contribution in [3.8, 4) is 153 Å². The van der Waals surface area contributed by atoms with Crippen LogP contribution in [-0.2, 0) is 0 Å². The van der Waals surface area contributed by atoms with E-state index in [1.807, 2.05) is 115 Å². The van der Waals surface area contributed by atoms with Crippen molar-refractivity contribution in [1.82, 2.24) is 24.1 Å². The lowest BCUT2D eigenvalue weighted by Gasteiger charge is -2.19. The predicted octanol–water partition coefficient (Wildman–Crippen LogP) is 16.0. The maximum absolute atomic E-state index is 6.35. The minimum absolute atomic E-state index is 0.494. The standard InChI is InChI=1S/C75H41N5/c1-7-48-30-23-35-60(57(48)10-4)55-44-54(53-40-41-63(61-36-24-31-49(8-2)58(61)11-5)67(47-53)62-37-25-32-50(9-3)59(62)12-6)45-56(46-55)79-69-39-22-20-34-66(69)71-70(79)43-42-65-64-33-19-21-38-68(64)80(72(65)71)75-77-73(51-26-15-13-16-27-51)76-74(78-75)52-28-17-14-18-29-52/h1-6,13-47H. The second kappa shape index (κ2) is 19.7. The van der Waals surface area contributed by atoms with Crippen LogP contribution in [0.15, 0.2) is 212 Å². The molecule has 0 amide bonds. The zero-order valence-electron chi connectivity index (χ0n) is 42.9. The Hall–Kier alpha value is -11.8. The van der Waals surface area contributed by atoms with Crippen molar-refractivity contribution in [2.75, 3.05) is 0 Å². The van der Waals surface area contributed by atoms with Crippen LogP contribution >= 0.6 is 0 Å². The lowest BCUT2D eigenvalue weighted by Crippen LogP contribution is -2.06. The van der Waals surface area contributed by atoms with Crippen molar-refractivity contribution in [1.29, 1.82) is 0 Å². The molecule has 13 aromatic rings. The Morgan fingerprint density at radius 1 is 0.300 bits per heavy atom. The van der Waals surface area contributed by atoms with E-state index in [0.717, 1.165) is 105 Å². The highest BCUT2D eigenvalue weighted by Crippen LogP contribution is 2.45. The second-order valence-corrected chi connectivity index (χ2v) is 19.2. The predicted molar refractivity (Wildman–Crippen MR) is 329 cm³/mol. The van der Waals surface area contributed by atoms with Crippen LogP contribution in [0.1, 0.15) is 33.4 Å². The van der Waals surface area contributed by atoms with Gasteiger partial charge < -0.3 is 4.57 Å². The minimum atomic E-state index is 0.494. The molecule has 0 bridgehead atoms. The van der Waals surface area contributed by atoms with E-state index >= 15 is 0 Å². The summed E-state index contributed by atoms with van der Waals surface area (Å²) < 4.78 is 4.52. The Kier molecular flexibility index (Phi) is 11.8. The first-order chi connectivity index (χ1) is 39.4. The van der Waals surface area contributed by atoms with Gasteiger partial charge in [0.25, 0.3) is 0 Å². The van der Waals surface area contributed by atoms with Crippen molar-refractivity contribution in [3.05, 3.63) is 246 Å². The number of para-hydroxylation sites is 2. The Bertz CT molecular complexity index is 4950. The van der Waals surface area contributed by atoms with E-state index < -0.39 is 0 Å². The van der Waals surface area contributed by atoms with Gasteiger partial charge in [-0.3, -0.25) is 4.57 Å². The summed E-state index contributed by atoms with van der Waals surface area (Å²) in [6.45, 7) is 0. The third-order valence-electron chi connectivity index (χ3n) is 14.9. The third kappa shape index (κ3) is 7.77. The molecule has 80 heavy (non-hydrogen) atoms.